The van der Waals surface area contributed by atoms with Crippen LogP contribution >= 0.6 is 12.2 Å². The van der Waals surface area contributed by atoms with Crippen molar-refractivity contribution in [3.8, 4) is 0 Å². The van der Waals surface area contributed by atoms with Gasteiger partial charge in [0.15, 0.2) is 0 Å². The fraction of sp³-hybridized carbons (Fsp3) is 0.571. The molecular formula is C14H23N3S. The maximum atomic E-state index is 5.64. The Labute approximate surface area is 115 Å². The lowest BCUT2D eigenvalue weighted by atomic mass is 10.1. The molecule has 0 amide bonds. The Morgan fingerprint density at radius 2 is 2.22 bits per heavy atom. The highest BCUT2D eigenvalue weighted by Gasteiger charge is 2.13. The molecule has 0 saturated heterocycles. The van der Waals surface area contributed by atoms with E-state index in [1.54, 1.807) is 6.20 Å². The molecule has 2 N–H and O–H groups in total. The van der Waals surface area contributed by atoms with Gasteiger partial charge in [0.05, 0.1) is 5.69 Å². The average molecular weight is 265 g/mol. The number of thiocarbonyl (C=S) groups is 1. The number of anilines is 1. The van der Waals surface area contributed by atoms with Gasteiger partial charge in [-0.05, 0) is 31.9 Å². The first kappa shape index (κ1) is 14.9. The van der Waals surface area contributed by atoms with Crippen molar-refractivity contribution in [3.63, 3.8) is 0 Å². The number of aromatic nitrogens is 1. The summed E-state index contributed by atoms with van der Waals surface area (Å²) in [5, 5.41) is 0. The van der Waals surface area contributed by atoms with Crippen LogP contribution in [0.2, 0.25) is 0 Å². The van der Waals surface area contributed by atoms with Crippen LogP contribution in [0.25, 0.3) is 0 Å². The van der Waals surface area contributed by atoms with E-state index in [1.807, 2.05) is 12.1 Å². The zero-order valence-electron chi connectivity index (χ0n) is 11.5. The van der Waals surface area contributed by atoms with Gasteiger partial charge in [-0.15, -0.1) is 0 Å². The lowest BCUT2D eigenvalue weighted by Crippen LogP contribution is -2.33. The maximum Gasteiger partial charge on any atom is 0.122 e. The number of unbranched alkanes of at least 4 members (excludes halogenated alkanes) is 1. The van der Waals surface area contributed by atoms with E-state index in [1.165, 1.54) is 12.8 Å². The van der Waals surface area contributed by atoms with Gasteiger partial charge in [-0.2, -0.15) is 0 Å². The molecule has 1 unspecified atom stereocenters. The quantitative estimate of drug-likeness (QED) is 0.769. The number of nitrogens with zero attached hydrogens (tertiary/aromatic N) is 2. The highest BCUT2D eigenvalue weighted by Crippen LogP contribution is 2.19. The summed E-state index contributed by atoms with van der Waals surface area (Å²) in [6, 6.07) is 4.53. The summed E-state index contributed by atoms with van der Waals surface area (Å²) in [4.78, 5) is 6.96. The van der Waals surface area contributed by atoms with Crippen LogP contribution in [0.15, 0.2) is 18.3 Å². The Kier molecular flexibility index (Phi) is 6.05. The van der Waals surface area contributed by atoms with Crippen LogP contribution in [0.4, 0.5) is 5.69 Å². The highest BCUT2D eigenvalue weighted by molar-refractivity contribution is 7.80. The van der Waals surface area contributed by atoms with Crippen LogP contribution in [0, 0.1) is 0 Å². The summed E-state index contributed by atoms with van der Waals surface area (Å²) < 4.78 is 0. The van der Waals surface area contributed by atoms with Crippen molar-refractivity contribution in [2.75, 3.05) is 11.4 Å². The molecule has 0 bridgehead atoms. The molecule has 0 spiro atoms. The fourth-order valence-electron chi connectivity index (χ4n) is 1.89. The van der Waals surface area contributed by atoms with E-state index in [2.05, 4.69) is 30.7 Å². The smallest absolute Gasteiger partial charge is 0.122 e. The molecule has 0 fully saturated rings. The minimum Gasteiger partial charge on any atom is -0.388 e. The van der Waals surface area contributed by atoms with Crippen LogP contribution in [0.1, 0.15) is 45.7 Å². The minimum atomic E-state index is 0.358. The van der Waals surface area contributed by atoms with E-state index in [0.717, 1.165) is 18.7 Å². The average Bonchev–Trinajstić information content (AvgIpc) is 2.39. The van der Waals surface area contributed by atoms with E-state index in [-0.39, 0.29) is 0 Å². The van der Waals surface area contributed by atoms with E-state index >= 15 is 0 Å². The molecule has 3 nitrogen and oxygen atoms in total. The van der Waals surface area contributed by atoms with E-state index in [0.29, 0.717) is 16.7 Å². The number of pyridine rings is 1. The molecule has 0 aliphatic heterocycles. The first-order valence-electron chi connectivity index (χ1n) is 6.62. The van der Waals surface area contributed by atoms with Crippen molar-refractivity contribution in [1.29, 1.82) is 0 Å². The van der Waals surface area contributed by atoms with Crippen LogP contribution in [-0.2, 0) is 0 Å². The summed E-state index contributed by atoms with van der Waals surface area (Å²) in [5.74, 6) is 0. The van der Waals surface area contributed by atoms with Crippen LogP contribution < -0.4 is 10.6 Å². The number of nitrogens with two attached hydrogens (primary N) is 1. The molecule has 1 aromatic heterocycles. The third-order valence-electron chi connectivity index (χ3n) is 3.20. The fourth-order valence-corrected chi connectivity index (χ4v) is 2.00. The normalized spacial score (nSPS) is 12.2. The van der Waals surface area contributed by atoms with E-state index in [4.69, 9.17) is 18.0 Å². The topological polar surface area (TPSA) is 42.2 Å². The second kappa shape index (κ2) is 7.31. The molecule has 0 radical (unpaired) electrons. The third kappa shape index (κ3) is 3.95. The van der Waals surface area contributed by atoms with Gasteiger partial charge in [0.2, 0.25) is 0 Å². The first-order chi connectivity index (χ1) is 8.60. The Hall–Kier alpha value is -1.16. The standard InChI is InChI=1S/C14H23N3S/c1-4-6-9-17(11(3)5-2)12-7-8-16-13(10-12)14(15)18/h7-8,10-11H,4-6,9H2,1-3H3,(H2,15,18). The van der Waals surface area contributed by atoms with Crippen molar-refractivity contribution < 1.29 is 0 Å². The van der Waals surface area contributed by atoms with Gasteiger partial charge in [-0.1, -0.05) is 32.5 Å². The Balaban J connectivity index is 2.96. The number of hydrogen-bond donors (Lipinski definition) is 1. The molecular weight excluding hydrogens is 242 g/mol. The third-order valence-corrected chi connectivity index (χ3v) is 3.41. The molecule has 1 heterocycles. The first-order valence-corrected chi connectivity index (χ1v) is 7.03. The summed E-state index contributed by atoms with van der Waals surface area (Å²) in [6.45, 7) is 7.73. The van der Waals surface area contributed by atoms with Crippen molar-refractivity contribution in [3.05, 3.63) is 24.0 Å². The van der Waals surface area contributed by atoms with Crippen LogP contribution in [0.5, 0.6) is 0 Å². The van der Waals surface area contributed by atoms with Crippen molar-refractivity contribution in [1.82, 2.24) is 4.98 Å². The molecule has 1 aromatic rings. The molecule has 0 saturated carbocycles. The predicted octanol–water partition coefficient (Wildman–Crippen LogP) is 3.12. The molecule has 100 valence electrons. The number of hydrogen-bond acceptors (Lipinski definition) is 3. The van der Waals surface area contributed by atoms with Gasteiger partial charge in [-0.3, -0.25) is 4.98 Å². The minimum absolute atomic E-state index is 0.358. The van der Waals surface area contributed by atoms with Gasteiger partial charge in [0.25, 0.3) is 0 Å². The van der Waals surface area contributed by atoms with Gasteiger partial charge in [0.1, 0.15) is 4.99 Å². The predicted molar refractivity (Wildman–Crippen MR) is 82.1 cm³/mol. The highest BCUT2D eigenvalue weighted by atomic mass is 32.1. The van der Waals surface area contributed by atoms with Gasteiger partial charge < -0.3 is 10.6 Å². The molecule has 0 aromatic carbocycles. The molecule has 0 aliphatic carbocycles. The second-order valence-corrected chi connectivity index (χ2v) is 5.01. The maximum absolute atomic E-state index is 5.64. The van der Waals surface area contributed by atoms with Crippen LogP contribution in [-0.4, -0.2) is 22.6 Å². The van der Waals surface area contributed by atoms with Gasteiger partial charge >= 0.3 is 0 Å². The zero-order chi connectivity index (χ0) is 13.5. The second-order valence-electron chi connectivity index (χ2n) is 4.57. The largest absolute Gasteiger partial charge is 0.388 e. The summed E-state index contributed by atoms with van der Waals surface area (Å²) in [6.07, 6.45) is 5.29. The Morgan fingerprint density at radius 1 is 1.50 bits per heavy atom. The summed E-state index contributed by atoms with van der Waals surface area (Å²) >= 11 is 4.99. The van der Waals surface area contributed by atoms with E-state index in [9.17, 15) is 0 Å². The number of rotatable bonds is 7. The van der Waals surface area contributed by atoms with Crippen molar-refractivity contribution in [2.24, 2.45) is 5.73 Å². The monoisotopic (exact) mass is 265 g/mol. The summed E-state index contributed by atoms with van der Waals surface area (Å²) in [7, 11) is 0. The van der Waals surface area contributed by atoms with Crippen LogP contribution in [0.3, 0.4) is 0 Å². The van der Waals surface area contributed by atoms with Crippen molar-refractivity contribution >= 4 is 22.9 Å². The molecule has 1 atom stereocenters. The molecule has 18 heavy (non-hydrogen) atoms. The molecule has 4 heteroatoms. The Morgan fingerprint density at radius 3 is 2.78 bits per heavy atom. The lowest BCUT2D eigenvalue weighted by molar-refractivity contribution is 0.595. The molecule has 1 rings (SSSR count). The summed E-state index contributed by atoms with van der Waals surface area (Å²) in [5.41, 5.74) is 7.51. The lowest BCUT2D eigenvalue weighted by Gasteiger charge is -2.31. The zero-order valence-corrected chi connectivity index (χ0v) is 12.3. The van der Waals surface area contributed by atoms with E-state index < -0.39 is 0 Å². The van der Waals surface area contributed by atoms with Crippen molar-refractivity contribution in [2.45, 2.75) is 46.1 Å². The molecule has 0 aliphatic rings. The Bertz CT molecular complexity index is 392. The van der Waals surface area contributed by atoms with Gasteiger partial charge in [0, 0.05) is 24.5 Å². The SMILES string of the molecule is CCCCN(c1ccnc(C(N)=S)c1)C(C)CC. The van der Waals surface area contributed by atoms with Gasteiger partial charge in [-0.25, -0.2) is 0 Å².